The number of rotatable bonds is 5. The van der Waals surface area contributed by atoms with Crippen LogP contribution < -0.4 is 4.74 Å². The van der Waals surface area contributed by atoms with Crippen molar-refractivity contribution in [2.24, 2.45) is 0 Å². The van der Waals surface area contributed by atoms with Gasteiger partial charge in [0, 0.05) is 5.56 Å². The van der Waals surface area contributed by atoms with Crippen molar-refractivity contribution in [1.29, 1.82) is 0 Å². The van der Waals surface area contributed by atoms with Gasteiger partial charge in [-0.2, -0.15) is 0 Å². The Morgan fingerprint density at radius 3 is 2.57 bits per heavy atom. The fraction of sp³-hybridized carbons (Fsp3) is 0.217. The second-order valence-electron chi connectivity index (χ2n) is 7.14. The number of benzene rings is 1. The Bertz CT molecular complexity index is 1140. The Morgan fingerprint density at radius 1 is 1.17 bits per heavy atom. The van der Waals surface area contributed by atoms with E-state index in [1.165, 1.54) is 11.2 Å². The molecule has 0 aliphatic carbocycles. The Morgan fingerprint density at radius 2 is 1.97 bits per heavy atom. The van der Waals surface area contributed by atoms with E-state index in [-0.39, 0.29) is 17.9 Å². The largest absolute Gasteiger partial charge is 0.507 e. The van der Waals surface area contributed by atoms with Gasteiger partial charge in [-0.3, -0.25) is 9.59 Å². The quantitative estimate of drug-likeness (QED) is 0.389. The van der Waals surface area contributed by atoms with Crippen molar-refractivity contribution in [3.05, 3.63) is 82.7 Å². The van der Waals surface area contributed by atoms with Crippen LogP contribution in [0, 0.1) is 13.8 Å². The van der Waals surface area contributed by atoms with Crippen LogP contribution in [0.5, 0.6) is 5.75 Å². The molecule has 4 rings (SSSR count). The van der Waals surface area contributed by atoms with Crippen molar-refractivity contribution >= 4 is 17.4 Å². The average molecular weight is 407 g/mol. The van der Waals surface area contributed by atoms with Crippen LogP contribution >= 0.6 is 0 Å². The number of methoxy groups -OCH3 is 1. The average Bonchev–Trinajstić information content (AvgIpc) is 3.45. The zero-order valence-corrected chi connectivity index (χ0v) is 16.8. The lowest BCUT2D eigenvalue weighted by molar-refractivity contribution is -0.140. The monoisotopic (exact) mass is 407 g/mol. The minimum Gasteiger partial charge on any atom is -0.507 e. The lowest BCUT2D eigenvalue weighted by atomic mass is 9.98. The molecule has 3 heterocycles. The van der Waals surface area contributed by atoms with E-state index >= 15 is 0 Å². The van der Waals surface area contributed by atoms with E-state index in [0.717, 1.165) is 5.56 Å². The summed E-state index contributed by atoms with van der Waals surface area (Å²) in [5.41, 5.74) is 1.18. The number of Topliss-reactive ketones (excluding diaryl/α,β-unsaturated/α-hetero) is 1. The van der Waals surface area contributed by atoms with Gasteiger partial charge in [0.25, 0.3) is 11.7 Å². The molecule has 1 amide bonds. The number of carbonyl (C=O) groups is 2. The third-order valence-electron chi connectivity index (χ3n) is 5.15. The lowest BCUT2D eigenvalue weighted by Crippen LogP contribution is -2.28. The summed E-state index contributed by atoms with van der Waals surface area (Å²) < 4.78 is 16.4. The smallest absolute Gasteiger partial charge is 0.296 e. The molecule has 0 radical (unpaired) electrons. The highest BCUT2D eigenvalue weighted by Gasteiger charge is 2.47. The summed E-state index contributed by atoms with van der Waals surface area (Å²) in [4.78, 5) is 27.2. The standard InChI is InChI=1S/C23H21NO6/c1-13-11-15(7-9-17(13)28-3)21(25)19-20(18-8-6-14(2)30-18)24(23(27)22(19)26)12-16-5-4-10-29-16/h4-11,20,25H,12H2,1-3H3/b21-19-. The van der Waals surface area contributed by atoms with Crippen LogP contribution in [-0.2, 0) is 16.1 Å². The maximum atomic E-state index is 13.0. The molecule has 2 aromatic heterocycles. The number of amides is 1. The highest BCUT2D eigenvalue weighted by Crippen LogP contribution is 2.41. The number of ether oxygens (including phenoxy) is 1. The minimum atomic E-state index is -0.869. The molecule has 7 heteroatoms. The van der Waals surface area contributed by atoms with E-state index in [4.69, 9.17) is 13.6 Å². The van der Waals surface area contributed by atoms with Crippen LogP contribution in [0.25, 0.3) is 5.76 Å². The number of carbonyl (C=O) groups excluding carboxylic acids is 2. The summed E-state index contributed by atoms with van der Waals surface area (Å²) in [5, 5.41) is 11.1. The Balaban J connectivity index is 1.85. The number of hydrogen-bond donors (Lipinski definition) is 1. The van der Waals surface area contributed by atoms with E-state index in [0.29, 0.717) is 28.6 Å². The molecule has 30 heavy (non-hydrogen) atoms. The van der Waals surface area contributed by atoms with Crippen molar-refractivity contribution in [3.8, 4) is 5.75 Å². The van der Waals surface area contributed by atoms with Gasteiger partial charge in [0.15, 0.2) is 0 Å². The first-order valence-corrected chi connectivity index (χ1v) is 9.43. The molecule has 1 aliphatic rings. The van der Waals surface area contributed by atoms with Gasteiger partial charge in [-0.25, -0.2) is 0 Å². The summed E-state index contributed by atoms with van der Waals surface area (Å²) in [7, 11) is 1.56. The van der Waals surface area contributed by atoms with Crippen molar-refractivity contribution < 1.29 is 28.3 Å². The van der Waals surface area contributed by atoms with E-state index in [1.54, 1.807) is 56.5 Å². The molecule has 1 atom stereocenters. The predicted molar refractivity (Wildman–Crippen MR) is 108 cm³/mol. The van der Waals surface area contributed by atoms with Gasteiger partial charge >= 0.3 is 0 Å². The summed E-state index contributed by atoms with van der Waals surface area (Å²) in [6, 6.07) is 11.1. The maximum Gasteiger partial charge on any atom is 0.296 e. The number of nitrogens with zero attached hydrogens (tertiary/aromatic N) is 1. The molecule has 3 aromatic rings. The molecule has 1 unspecified atom stereocenters. The van der Waals surface area contributed by atoms with Crippen molar-refractivity contribution in [1.82, 2.24) is 4.90 Å². The molecule has 1 N–H and O–H groups in total. The second-order valence-corrected chi connectivity index (χ2v) is 7.14. The van der Waals surface area contributed by atoms with Gasteiger partial charge in [0.05, 0.1) is 25.5 Å². The molecular weight excluding hydrogens is 386 g/mol. The highest BCUT2D eigenvalue weighted by molar-refractivity contribution is 6.46. The molecule has 1 saturated heterocycles. The van der Waals surface area contributed by atoms with Gasteiger partial charge in [-0.05, 0) is 61.9 Å². The van der Waals surface area contributed by atoms with Crippen LogP contribution in [0.2, 0.25) is 0 Å². The number of aryl methyl sites for hydroxylation is 2. The first-order valence-electron chi connectivity index (χ1n) is 9.43. The lowest BCUT2D eigenvalue weighted by Gasteiger charge is -2.22. The van der Waals surface area contributed by atoms with Gasteiger partial charge in [0.1, 0.15) is 34.8 Å². The number of hydrogen-bond acceptors (Lipinski definition) is 6. The number of furan rings is 2. The van der Waals surface area contributed by atoms with Crippen LogP contribution in [0.3, 0.4) is 0 Å². The molecule has 1 aromatic carbocycles. The first kappa shape index (κ1) is 19.6. The molecule has 1 aliphatic heterocycles. The topological polar surface area (TPSA) is 93.1 Å². The number of aliphatic hydroxyl groups excluding tert-OH is 1. The SMILES string of the molecule is COc1ccc(/C(O)=C2/C(=O)C(=O)N(Cc3ccco3)C2c2ccc(C)o2)cc1C. The maximum absolute atomic E-state index is 13.0. The van der Waals surface area contributed by atoms with Crippen LogP contribution in [0.1, 0.15) is 34.4 Å². The Kier molecular flexibility index (Phi) is 4.95. The van der Waals surface area contributed by atoms with Gasteiger partial charge in [-0.1, -0.05) is 0 Å². The van der Waals surface area contributed by atoms with Gasteiger partial charge < -0.3 is 23.6 Å². The predicted octanol–water partition coefficient (Wildman–Crippen LogP) is 4.12. The fourth-order valence-electron chi connectivity index (χ4n) is 3.69. The third-order valence-corrected chi connectivity index (χ3v) is 5.15. The highest BCUT2D eigenvalue weighted by atomic mass is 16.5. The number of ketones is 1. The fourth-order valence-corrected chi connectivity index (χ4v) is 3.69. The second kappa shape index (κ2) is 7.59. The zero-order chi connectivity index (χ0) is 21.4. The van der Waals surface area contributed by atoms with E-state index in [1.807, 2.05) is 6.92 Å². The Hall–Kier alpha value is -3.74. The minimum absolute atomic E-state index is 0.0227. The van der Waals surface area contributed by atoms with Crippen molar-refractivity contribution in [2.75, 3.05) is 7.11 Å². The summed E-state index contributed by atoms with van der Waals surface area (Å²) >= 11 is 0. The molecule has 0 bridgehead atoms. The van der Waals surface area contributed by atoms with E-state index < -0.39 is 17.7 Å². The summed E-state index contributed by atoms with van der Waals surface area (Å²) in [6.45, 7) is 3.67. The zero-order valence-electron chi connectivity index (χ0n) is 16.8. The van der Waals surface area contributed by atoms with Gasteiger partial charge in [-0.15, -0.1) is 0 Å². The summed E-state index contributed by atoms with van der Waals surface area (Å²) in [6.07, 6.45) is 1.50. The van der Waals surface area contributed by atoms with Crippen LogP contribution in [0.15, 0.2) is 63.1 Å². The van der Waals surface area contributed by atoms with Crippen molar-refractivity contribution in [2.45, 2.75) is 26.4 Å². The summed E-state index contributed by atoms with van der Waals surface area (Å²) in [5.74, 6) is 0.441. The van der Waals surface area contributed by atoms with E-state index in [9.17, 15) is 14.7 Å². The molecule has 154 valence electrons. The molecule has 7 nitrogen and oxygen atoms in total. The van der Waals surface area contributed by atoms with Crippen LogP contribution in [0.4, 0.5) is 0 Å². The third kappa shape index (κ3) is 3.28. The Labute approximate surface area is 173 Å². The van der Waals surface area contributed by atoms with Crippen LogP contribution in [-0.4, -0.2) is 28.8 Å². The molecular formula is C23H21NO6. The van der Waals surface area contributed by atoms with Gasteiger partial charge in [0.2, 0.25) is 0 Å². The first-order chi connectivity index (χ1) is 14.4. The molecule has 0 saturated carbocycles. The molecule has 1 fully saturated rings. The van der Waals surface area contributed by atoms with Crippen molar-refractivity contribution in [3.63, 3.8) is 0 Å². The number of aliphatic hydroxyl groups is 1. The number of likely N-dealkylation sites (tertiary alicyclic amines) is 1. The molecule has 0 spiro atoms. The van der Waals surface area contributed by atoms with E-state index in [2.05, 4.69) is 0 Å². The normalized spacial score (nSPS) is 18.2.